The fraction of sp³-hybridized carbons (Fsp3) is 0.286. The summed E-state index contributed by atoms with van der Waals surface area (Å²) >= 11 is 0. The lowest BCUT2D eigenvalue weighted by atomic mass is 10.0. The Morgan fingerprint density at radius 3 is 2.80 bits per heavy atom. The van der Waals surface area contributed by atoms with Crippen molar-refractivity contribution in [1.82, 2.24) is 9.88 Å². The van der Waals surface area contributed by atoms with Crippen molar-refractivity contribution in [1.29, 1.82) is 0 Å². The van der Waals surface area contributed by atoms with Crippen LogP contribution in [-0.4, -0.2) is 22.3 Å². The summed E-state index contributed by atoms with van der Waals surface area (Å²) in [4.78, 5) is 18.0. The van der Waals surface area contributed by atoms with Gasteiger partial charge in [0.2, 0.25) is 5.91 Å². The summed E-state index contributed by atoms with van der Waals surface area (Å²) in [5.41, 5.74) is 3.32. The van der Waals surface area contributed by atoms with Gasteiger partial charge < -0.3 is 9.88 Å². The molecule has 0 spiro atoms. The Labute approximate surface area is 146 Å². The molecule has 3 aromatic rings. The number of likely N-dealkylation sites (tertiary alicyclic amines) is 1. The van der Waals surface area contributed by atoms with Gasteiger partial charge in [-0.1, -0.05) is 30.3 Å². The van der Waals surface area contributed by atoms with Crippen LogP contribution in [0.25, 0.3) is 10.9 Å². The number of carbonyl (C=O) groups excluding carboxylic acids is 1. The summed E-state index contributed by atoms with van der Waals surface area (Å²) in [7, 11) is 0. The molecule has 0 radical (unpaired) electrons. The van der Waals surface area contributed by atoms with Crippen LogP contribution in [0.5, 0.6) is 0 Å². The minimum absolute atomic E-state index is 0.0797. The molecule has 3 nitrogen and oxygen atoms in total. The van der Waals surface area contributed by atoms with Gasteiger partial charge in [-0.15, -0.1) is 0 Å². The zero-order valence-corrected chi connectivity index (χ0v) is 14.0. The van der Waals surface area contributed by atoms with E-state index in [4.69, 9.17) is 0 Å². The molecule has 1 aliphatic rings. The summed E-state index contributed by atoms with van der Waals surface area (Å²) in [5, 5.41) is 1.19. The largest absolute Gasteiger partial charge is 0.361 e. The van der Waals surface area contributed by atoms with Gasteiger partial charge in [0.1, 0.15) is 5.82 Å². The molecule has 2 heterocycles. The number of benzene rings is 2. The third kappa shape index (κ3) is 3.16. The van der Waals surface area contributed by atoms with Gasteiger partial charge >= 0.3 is 0 Å². The number of fused-ring (bicyclic) bond motifs is 1. The Morgan fingerprint density at radius 1 is 1.16 bits per heavy atom. The quantitative estimate of drug-likeness (QED) is 0.742. The third-order valence-corrected chi connectivity index (χ3v) is 5.11. The second-order valence-corrected chi connectivity index (χ2v) is 6.66. The smallest absolute Gasteiger partial charge is 0.223 e. The molecule has 0 aliphatic carbocycles. The predicted octanol–water partition coefficient (Wildman–Crippen LogP) is 4.60. The number of halogens is 1. The number of para-hydroxylation sites is 1. The highest BCUT2D eigenvalue weighted by molar-refractivity contribution is 5.84. The van der Waals surface area contributed by atoms with E-state index in [9.17, 15) is 9.18 Å². The molecule has 1 unspecified atom stereocenters. The number of nitrogens with one attached hydrogen (secondary N) is 1. The zero-order chi connectivity index (χ0) is 17.2. The fourth-order valence-corrected chi connectivity index (χ4v) is 3.82. The van der Waals surface area contributed by atoms with Gasteiger partial charge in [0.25, 0.3) is 0 Å². The molecule has 25 heavy (non-hydrogen) atoms. The molecular formula is C21H21FN2O. The average molecular weight is 336 g/mol. The Hall–Kier alpha value is -2.62. The van der Waals surface area contributed by atoms with E-state index in [1.165, 1.54) is 23.1 Å². The van der Waals surface area contributed by atoms with E-state index in [1.54, 1.807) is 12.1 Å². The van der Waals surface area contributed by atoms with Crippen molar-refractivity contribution in [3.05, 3.63) is 71.7 Å². The Morgan fingerprint density at radius 2 is 1.96 bits per heavy atom. The lowest BCUT2D eigenvalue weighted by Gasteiger charge is -2.25. The number of rotatable bonds is 4. The standard InChI is InChI=1S/C21H21FN2O/c22-17-10-7-15(8-11-17)20-6-3-13-24(20)21(25)12-9-16-14-23-19-5-2-1-4-18(16)19/h1-2,4-5,7-8,10-11,14,20,23H,3,6,9,12-13H2. The van der Waals surface area contributed by atoms with Gasteiger partial charge in [-0.25, -0.2) is 4.39 Å². The summed E-state index contributed by atoms with van der Waals surface area (Å²) in [6.45, 7) is 0.786. The molecule has 4 rings (SSSR count). The number of H-pyrrole nitrogens is 1. The second-order valence-electron chi connectivity index (χ2n) is 6.66. The van der Waals surface area contributed by atoms with Gasteiger partial charge in [0, 0.05) is 30.1 Å². The third-order valence-electron chi connectivity index (χ3n) is 5.11. The van der Waals surface area contributed by atoms with E-state index in [0.29, 0.717) is 6.42 Å². The fourth-order valence-electron chi connectivity index (χ4n) is 3.82. The Balaban J connectivity index is 1.46. The number of nitrogens with zero attached hydrogens (tertiary/aromatic N) is 1. The molecule has 1 fully saturated rings. The van der Waals surface area contributed by atoms with Gasteiger partial charge in [-0.2, -0.15) is 0 Å². The van der Waals surface area contributed by atoms with Crippen molar-refractivity contribution in [3.63, 3.8) is 0 Å². The lowest BCUT2D eigenvalue weighted by Crippen LogP contribution is -2.30. The summed E-state index contributed by atoms with van der Waals surface area (Å²) < 4.78 is 13.2. The number of amides is 1. The Bertz CT molecular complexity index is 884. The highest BCUT2D eigenvalue weighted by atomic mass is 19.1. The van der Waals surface area contributed by atoms with Gasteiger partial charge in [-0.3, -0.25) is 4.79 Å². The molecule has 1 atom stereocenters. The first-order valence-electron chi connectivity index (χ1n) is 8.82. The molecule has 1 amide bonds. The predicted molar refractivity (Wildman–Crippen MR) is 96.7 cm³/mol. The maximum atomic E-state index is 13.2. The van der Waals surface area contributed by atoms with Crippen LogP contribution >= 0.6 is 0 Å². The number of aryl methyl sites for hydroxylation is 1. The number of aromatic amines is 1. The first kappa shape index (κ1) is 15.9. The first-order chi connectivity index (χ1) is 12.2. The van der Waals surface area contributed by atoms with Crippen LogP contribution in [0, 0.1) is 5.82 Å². The molecule has 0 saturated carbocycles. The van der Waals surface area contributed by atoms with E-state index in [0.717, 1.165) is 36.9 Å². The molecule has 1 N–H and O–H groups in total. The van der Waals surface area contributed by atoms with Crippen LogP contribution in [0.4, 0.5) is 4.39 Å². The van der Waals surface area contributed by atoms with Crippen molar-refractivity contribution >= 4 is 16.8 Å². The molecule has 1 aliphatic heterocycles. The molecule has 128 valence electrons. The molecule has 4 heteroatoms. The monoisotopic (exact) mass is 336 g/mol. The SMILES string of the molecule is O=C(CCc1c[nH]c2ccccc12)N1CCCC1c1ccc(F)cc1. The van der Waals surface area contributed by atoms with E-state index in [1.807, 2.05) is 29.3 Å². The van der Waals surface area contributed by atoms with Crippen LogP contribution in [0.1, 0.15) is 36.4 Å². The molecule has 0 bridgehead atoms. The summed E-state index contributed by atoms with van der Waals surface area (Å²) in [6.07, 6.45) is 5.18. The van der Waals surface area contributed by atoms with Gasteiger partial charge in [0.05, 0.1) is 6.04 Å². The topological polar surface area (TPSA) is 36.1 Å². The maximum absolute atomic E-state index is 13.2. The number of hydrogen-bond donors (Lipinski definition) is 1. The van der Waals surface area contributed by atoms with E-state index in [2.05, 4.69) is 11.1 Å². The van der Waals surface area contributed by atoms with E-state index < -0.39 is 0 Å². The number of aromatic nitrogens is 1. The van der Waals surface area contributed by atoms with Crippen LogP contribution in [0.3, 0.4) is 0 Å². The molecule has 1 saturated heterocycles. The van der Waals surface area contributed by atoms with Gasteiger partial charge in [0.15, 0.2) is 0 Å². The minimum Gasteiger partial charge on any atom is -0.361 e. The van der Waals surface area contributed by atoms with E-state index >= 15 is 0 Å². The Kier molecular flexibility index (Phi) is 4.26. The van der Waals surface area contributed by atoms with Crippen molar-refractivity contribution in [2.24, 2.45) is 0 Å². The number of carbonyl (C=O) groups is 1. The summed E-state index contributed by atoms with van der Waals surface area (Å²) in [5.74, 6) is -0.0592. The van der Waals surface area contributed by atoms with Crippen molar-refractivity contribution in [3.8, 4) is 0 Å². The van der Waals surface area contributed by atoms with Crippen LogP contribution in [-0.2, 0) is 11.2 Å². The van der Waals surface area contributed by atoms with Crippen LogP contribution in [0.15, 0.2) is 54.7 Å². The average Bonchev–Trinajstić information content (AvgIpc) is 3.28. The lowest BCUT2D eigenvalue weighted by molar-refractivity contribution is -0.132. The van der Waals surface area contributed by atoms with Crippen LogP contribution < -0.4 is 0 Å². The highest BCUT2D eigenvalue weighted by Gasteiger charge is 2.29. The highest BCUT2D eigenvalue weighted by Crippen LogP contribution is 2.32. The van der Waals surface area contributed by atoms with Crippen molar-refractivity contribution < 1.29 is 9.18 Å². The van der Waals surface area contributed by atoms with Crippen LogP contribution in [0.2, 0.25) is 0 Å². The second kappa shape index (κ2) is 6.71. The maximum Gasteiger partial charge on any atom is 0.223 e. The molecule has 2 aromatic carbocycles. The zero-order valence-electron chi connectivity index (χ0n) is 14.0. The number of hydrogen-bond acceptors (Lipinski definition) is 1. The normalized spacial score (nSPS) is 17.3. The summed E-state index contributed by atoms with van der Waals surface area (Å²) in [6, 6.07) is 14.8. The first-order valence-corrected chi connectivity index (χ1v) is 8.82. The van der Waals surface area contributed by atoms with Gasteiger partial charge in [-0.05, 0) is 48.6 Å². The minimum atomic E-state index is -0.237. The molecule has 1 aromatic heterocycles. The van der Waals surface area contributed by atoms with Crippen molar-refractivity contribution in [2.75, 3.05) is 6.54 Å². The molecular weight excluding hydrogens is 315 g/mol. The van der Waals surface area contributed by atoms with E-state index in [-0.39, 0.29) is 17.8 Å². The van der Waals surface area contributed by atoms with Crippen molar-refractivity contribution in [2.45, 2.75) is 31.7 Å².